The Hall–Kier alpha value is -2.24. The van der Waals surface area contributed by atoms with Crippen molar-refractivity contribution in [3.8, 4) is 0 Å². The minimum Gasteiger partial charge on any atom is -0.467 e. The molecule has 0 spiro atoms. The first-order valence-electron chi connectivity index (χ1n) is 18.9. The van der Waals surface area contributed by atoms with Gasteiger partial charge in [-0.2, -0.15) is 0 Å². The molecule has 2 aliphatic heterocycles. The molecule has 6 rings (SSSR count). The van der Waals surface area contributed by atoms with Crippen LogP contribution in [0, 0.1) is 23.7 Å². The first-order valence-corrected chi connectivity index (χ1v) is 18.9. The van der Waals surface area contributed by atoms with Crippen LogP contribution in [-0.4, -0.2) is 130 Å². The van der Waals surface area contributed by atoms with E-state index in [1.807, 2.05) is 6.92 Å². The summed E-state index contributed by atoms with van der Waals surface area (Å²) in [5.74, 6) is -1.26. The van der Waals surface area contributed by atoms with E-state index in [1.54, 1.807) is 37.3 Å². The van der Waals surface area contributed by atoms with Gasteiger partial charge in [0.1, 0.15) is 36.6 Å². The van der Waals surface area contributed by atoms with Gasteiger partial charge in [0.25, 0.3) is 0 Å². The Kier molecular flexibility index (Phi) is 12.6. The SMILES string of the molecule is COC(=O)C1(OC2C(O)C(CO)OC(OC3CC(C)CC(C)C3OC3OC(C)C(O)C(O)C3O)C2OC(=O)c2ccccc2)CC1C1CCCCC1. The van der Waals surface area contributed by atoms with E-state index < -0.39 is 97.8 Å². The molecule has 2 heterocycles. The van der Waals surface area contributed by atoms with Gasteiger partial charge < -0.3 is 58.7 Å². The van der Waals surface area contributed by atoms with E-state index >= 15 is 0 Å². The highest BCUT2D eigenvalue weighted by Gasteiger charge is 2.68. The smallest absolute Gasteiger partial charge is 0.338 e. The largest absolute Gasteiger partial charge is 0.467 e. The Labute approximate surface area is 304 Å². The van der Waals surface area contributed by atoms with Gasteiger partial charge in [0.2, 0.25) is 0 Å². The third-order valence-corrected chi connectivity index (χ3v) is 11.9. The number of hydrogen-bond acceptors (Lipinski definition) is 14. The number of esters is 2. The zero-order valence-electron chi connectivity index (χ0n) is 30.4. The van der Waals surface area contributed by atoms with Gasteiger partial charge in [-0.25, -0.2) is 9.59 Å². The van der Waals surface area contributed by atoms with Crippen LogP contribution >= 0.6 is 0 Å². The summed E-state index contributed by atoms with van der Waals surface area (Å²) in [5, 5.41) is 53.6. The summed E-state index contributed by atoms with van der Waals surface area (Å²) in [5.41, 5.74) is -1.16. The molecule has 16 atom stereocenters. The molecule has 2 saturated heterocycles. The van der Waals surface area contributed by atoms with E-state index in [1.165, 1.54) is 7.11 Å². The molecule has 5 N–H and O–H groups in total. The molecule has 14 nitrogen and oxygen atoms in total. The van der Waals surface area contributed by atoms with Crippen LogP contribution in [0.5, 0.6) is 0 Å². The second-order valence-electron chi connectivity index (χ2n) is 15.6. The Bertz CT molecular complexity index is 1340. The van der Waals surface area contributed by atoms with Crippen LogP contribution in [0.15, 0.2) is 30.3 Å². The fourth-order valence-electron chi connectivity index (χ4n) is 8.93. The first kappa shape index (κ1) is 39.5. The summed E-state index contributed by atoms with van der Waals surface area (Å²) in [6, 6.07) is 8.28. The van der Waals surface area contributed by atoms with Crippen LogP contribution in [0.3, 0.4) is 0 Å². The van der Waals surface area contributed by atoms with Gasteiger partial charge in [-0.05, 0) is 56.1 Å². The van der Waals surface area contributed by atoms with Crippen molar-refractivity contribution < 1.29 is 68.3 Å². The molecule has 292 valence electrons. The van der Waals surface area contributed by atoms with Gasteiger partial charge in [0.05, 0.1) is 37.6 Å². The predicted molar refractivity (Wildman–Crippen MR) is 181 cm³/mol. The van der Waals surface area contributed by atoms with Crippen LogP contribution in [-0.2, 0) is 38.0 Å². The van der Waals surface area contributed by atoms with Crippen molar-refractivity contribution in [3.05, 3.63) is 35.9 Å². The van der Waals surface area contributed by atoms with Gasteiger partial charge in [0, 0.05) is 5.92 Å². The molecule has 0 radical (unpaired) electrons. The van der Waals surface area contributed by atoms with Crippen molar-refractivity contribution in [1.82, 2.24) is 0 Å². The first-order chi connectivity index (χ1) is 24.9. The van der Waals surface area contributed by atoms with Crippen LogP contribution in [0.2, 0.25) is 0 Å². The van der Waals surface area contributed by atoms with E-state index in [0.29, 0.717) is 12.8 Å². The molecule has 1 aromatic carbocycles. The number of methoxy groups -OCH3 is 1. The number of aliphatic hydroxyl groups is 5. The molecular formula is C38H56O14. The summed E-state index contributed by atoms with van der Waals surface area (Å²) in [6.45, 7) is 4.95. The van der Waals surface area contributed by atoms with Gasteiger partial charge in [0.15, 0.2) is 24.3 Å². The Morgan fingerprint density at radius 1 is 0.827 bits per heavy atom. The number of ether oxygens (including phenoxy) is 7. The number of benzene rings is 1. The Morgan fingerprint density at radius 2 is 1.54 bits per heavy atom. The normalized spacial score (nSPS) is 44.1. The lowest BCUT2D eigenvalue weighted by Gasteiger charge is -2.48. The number of carbonyl (C=O) groups excluding carboxylic acids is 2. The molecule has 0 amide bonds. The average Bonchev–Trinajstić information content (AvgIpc) is 3.88. The van der Waals surface area contributed by atoms with Crippen molar-refractivity contribution in [2.24, 2.45) is 23.7 Å². The second kappa shape index (κ2) is 16.6. The van der Waals surface area contributed by atoms with E-state index in [4.69, 9.17) is 33.2 Å². The zero-order valence-corrected chi connectivity index (χ0v) is 30.4. The highest BCUT2D eigenvalue weighted by molar-refractivity contribution is 5.89. The van der Waals surface area contributed by atoms with Crippen LogP contribution in [0.4, 0.5) is 0 Å². The minimum atomic E-state index is -1.54. The lowest BCUT2D eigenvalue weighted by Crippen LogP contribution is -2.64. The van der Waals surface area contributed by atoms with Crippen molar-refractivity contribution in [1.29, 1.82) is 0 Å². The zero-order chi connectivity index (χ0) is 37.3. The van der Waals surface area contributed by atoms with E-state index in [9.17, 15) is 35.1 Å². The number of carbonyl (C=O) groups is 2. The molecule has 14 heteroatoms. The summed E-state index contributed by atoms with van der Waals surface area (Å²) in [7, 11) is 1.29. The van der Waals surface area contributed by atoms with Crippen LogP contribution in [0.25, 0.3) is 0 Å². The monoisotopic (exact) mass is 736 g/mol. The lowest BCUT2D eigenvalue weighted by molar-refractivity contribution is -0.350. The van der Waals surface area contributed by atoms with Crippen LogP contribution in [0.1, 0.15) is 82.5 Å². The molecule has 16 unspecified atom stereocenters. The van der Waals surface area contributed by atoms with Gasteiger partial charge >= 0.3 is 11.9 Å². The number of hydrogen-bond donors (Lipinski definition) is 5. The number of aliphatic hydroxyl groups excluding tert-OH is 5. The van der Waals surface area contributed by atoms with Crippen molar-refractivity contribution in [2.75, 3.05) is 13.7 Å². The Morgan fingerprint density at radius 3 is 2.21 bits per heavy atom. The second-order valence-corrected chi connectivity index (χ2v) is 15.6. The fraction of sp³-hybridized carbons (Fsp3) is 0.789. The van der Waals surface area contributed by atoms with Crippen molar-refractivity contribution in [3.63, 3.8) is 0 Å². The standard InChI is InChI=1S/C38H56O14/c1-19-15-20(2)31(51-35-30(43)29(42)27(40)21(3)47-35)25(16-19)48-36-33(50-34(44)23-13-9-6-10-14-23)32(28(41)26(18-39)49-36)52-38(37(45)46-4)17-24(38)22-11-7-5-8-12-22/h6,9-10,13-14,19-22,24-33,35-36,39-43H,5,7-8,11-12,15-18H2,1-4H3. The minimum absolute atomic E-state index is 0.144. The maximum Gasteiger partial charge on any atom is 0.338 e. The summed E-state index contributed by atoms with van der Waals surface area (Å²) >= 11 is 0. The highest BCUT2D eigenvalue weighted by Crippen LogP contribution is 2.57. The molecule has 3 aliphatic carbocycles. The van der Waals surface area contributed by atoms with Crippen molar-refractivity contribution in [2.45, 2.75) is 151 Å². The summed E-state index contributed by atoms with van der Waals surface area (Å²) in [6.07, 6.45) is -8.23. The quantitative estimate of drug-likeness (QED) is 0.206. The average molecular weight is 737 g/mol. The molecule has 5 fully saturated rings. The molecule has 3 saturated carbocycles. The van der Waals surface area contributed by atoms with E-state index in [-0.39, 0.29) is 29.2 Å². The third-order valence-electron chi connectivity index (χ3n) is 11.9. The molecule has 5 aliphatic rings. The van der Waals surface area contributed by atoms with E-state index in [2.05, 4.69) is 6.92 Å². The number of rotatable bonds is 11. The van der Waals surface area contributed by atoms with Gasteiger partial charge in [-0.15, -0.1) is 0 Å². The van der Waals surface area contributed by atoms with E-state index in [0.717, 1.165) is 38.5 Å². The lowest BCUT2D eigenvalue weighted by atomic mass is 9.79. The van der Waals surface area contributed by atoms with Gasteiger partial charge in [-0.1, -0.05) is 64.2 Å². The fourth-order valence-corrected chi connectivity index (χ4v) is 8.93. The Balaban J connectivity index is 1.32. The molecule has 1 aromatic rings. The van der Waals surface area contributed by atoms with Gasteiger partial charge in [-0.3, -0.25) is 0 Å². The molecular weight excluding hydrogens is 680 g/mol. The maximum absolute atomic E-state index is 13.7. The van der Waals surface area contributed by atoms with Crippen molar-refractivity contribution >= 4 is 11.9 Å². The van der Waals surface area contributed by atoms with Crippen LogP contribution < -0.4 is 0 Å². The molecule has 0 aromatic heterocycles. The molecule has 52 heavy (non-hydrogen) atoms. The molecule has 0 bridgehead atoms. The maximum atomic E-state index is 13.7. The highest BCUT2D eigenvalue weighted by atomic mass is 16.7. The topological polar surface area (TPSA) is 200 Å². The predicted octanol–water partition coefficient (Wildman–Crippen LogP) is 1.85. The summed E-state index contributed by atoms with van der Waals surface area (Å²) in [4.78, 5) is 27.2. The third kappa shape index (κ3) is 8.07. The summed E-state index contributed by atoms with van der Waals surface area (Å²) < 4.78 is 42.9.